The van der Waals surface area contributed by atoms with Crippen molar-refractivity contribution in [2.45, 2.75) is 13.3 Å². The molecule has 0 spiro atoms. The number of allylic oxidation sites excluding steroid dienone is 5. The van der Waals surface area contributed by atoms with Gasteiger partial charge in [0.1, 0.15) is 0 Å². The first-order valence-electron chi connectivity index (χ1n) is 8.45. The Morgan fingerprint density at radius 2 is 2.00 bits per heavy atom. The lowest BCUT2D eigenvalue weighted by Crippen LogP contribution is -2.34. The molecule has 0 aromatic heterocycles. The Bertz CT molecular complexity index is 649. The summed E-state index contributed by atoms with van der Waals surface area (Å²) in [7, 11) is -1.91. The van der Waals surface area contributed by atoms with Crippen molar-refractivity contribution < 1.29 is 18.3 Å². The largest absolute Gasteiger partial charge is 0.460 e. The van der Waals surface area contributed by atoms with E-state index in [1.54, 1.807) is 10.7 Å². The molecule has 0 aliphatic carbocycles. The predicted octanol–water partition coefficient (Wildman–Crippen LogP) is 4.65. The summed E-state index contributed by atoms with van der Waals surface area (Å²) in [5, 5.41) is 0. The number of hydrogen-bond donors (Lipinski definition) is 0. The zero-order valence-corrected chi connectivity index (χ0v) is 15.7. The monoisotopic (exact) mass is 363 g/mol. The fourth-order valence-electron chi connectivity index (χ4n) is 2.40. The van der Waals surface area contributed by atoms with Gasteiger partial charge in [0.2, 0.25) is 0 Å². The molecule has 0 amide bonds. The van der Waals surface area contributed by atoms with E-state index in [2.05, 4.69) is 19.1 Å². The minimum absolute atomic E-state index is 0.528. The molecule has 1 fully saturated rings. The van der Waals surface area contributed by atoms with E-state index in [9.17, 15) is 4.57 Å². The van der Waals surface area contributed by atoms with E-state index < -0.39 is 7.75 Å². The molecule has 0 bridgehead atoms. The zero-order valence-electron chi connectivity index (χ0n) is 14.8. The average Bonchev–Trinajstić information content (AvgIpc) is 2.68. The highest BCUT2D eigenvalue weighted by molar-refractivity contribution is 7.51. The first-order valence-corrected chi connectivity index (χ1v) is 9.95. The lowest BCUT2D eigenvalue weighted by molar-refractivity contribution is 0.0577. The standard InChI is InChI=1S/C19H26NO4P/c1-3-4-9-18(19-10-6-5-7-11-19)12-8-15-24-25(21,22-2)20-13-16-23-17-14-20/h4-12,15H,3,13-14,16-17H2,1-2H3/b9-4-,15-8?,18-12+. The summed E-state index contributed by atoms with van der Waals surface area (Å²) in [6.07, 6.45) is 10.2. The van der Waals surface area contributed by atoms with Crippen LogP contribution in [0.3, 0.4) is 0 Å². The number of hydrogen-bond acceptors (Lipinski definition) is 4. The van der Waals surface area contributed by atoms with Gasteiger partial charge in [-0.05, 0) is 23.6 Å². The normalized spacial score (nSPS) is 19.4. The molecule has 0 saturated carbocycles. The summed E-state index contributed by atoms with van der Waals surface area (Å²) >= 11 is 0. The minimum atomic E-state index is -3.31. The SMILES string of the molecule is CC/C=C\C(=C/C=COP(=O)(OC)N1CCOCC1)c1ccccc1. The van der Waals surface area contributed by atoms with E-state index in [0.29, 0.717) is 26.3 Å². The molecule has 136 valence electrons. The van der Waals surface area contributed by atoms with Crippen LogP contribution in [0.5, 0.6) is 0 Å². The zero-order chi connectivity index (χ0) is 18.0. The Kier molecular flexibility index (Phi) is 8.16. The molecule has 2 rings (SSSR count). The van der Waals surface area contributed by atoms with E-state index in [4.69, 9.17) is 13.8 Å². The van der Waals surface area contributed by atoms with Crippen LogP contribution in [0.1, 0.15) is 18.9 Å². The second kappa shape index (κ2) is 10.4. The third-order valence-electron chi connectivity index (χ3n) is 3.75. The van der Waals surface area contributed by atoms with Gasteiger partial charge < -0.3 is 9.26 Å². The van der Waals surface area contributed by atoms with Crippen molar-refractivity contribution >= 4 is 13.3 Å². The van der Waals surface area contributed by atoms with Gasteiger partial charge in [-0.1, -0.05) is 55.5 Å². The van der Waals surface area contributed by atoms with Crippen molar-refractivity contribution in [1.29, 1.82) is 0 Å². The van der Waals surface area contributed by atoms with Crippen molar-refractivity contribution in [2.24, 2.45) is 0 Å². The minimum Gasteiger partial charge on any atom is -0.421 e. The van der Waals surface area contributed by atoms with E-state index in [1.165, 1.54) is 13.4 Å². The van der Waals surface area contributed by atoms with Crippen LogP contribution in [0.2, 0.25) is 0 Å². The highest BCUT2D eigenvalue weighted by atomic mass is 31.2. The number of nitrogens with zero attached hydrogens (tertiary/aromatic N) is 1. The van der Waals surface area contributed by atoms with Crippen LogP contribution in [-0.2, 0) is 18.3 Å². The smallest absolute Gasteiger partial charge is 0.421 e. The Balaban J connectivity index is 2.08. The molecule has 1 heterocycles. The van der Waals surface area contributed by atoms with Crippen molar-refractivity contribution in [3.63, 3.8) is 0 Å². The van der Waals surface area contributed by atoms with Gasteiger partial charge >= 0.3 is 7.75 Å². The molecule has 25 heavy (non-hydrogen) atoms. The summed E-state index contributed by atoms with van der Waals surface area (Å²) in [5.74, 6) is 0. The number of rotatable bonds is 8. The van der Waals surface area contributed by atoms with Crippen molar-refractivity contribution in [2.75, 3.05) is 33.4 Å². The topological polar surface area (TPSA) is 48.0 Å². The van der Waals surface area contributed by atoms with E-state index in [1.807, 2.05) is 36.4 Å². The second-order valence-electron chi connectivity index (χ2n) is 5.45. The fourth-order valence-corrected chi connectivity index (χ4v) is 3.73. The fraction of sp³-hybridized carbons (Fsp3) is 0.368. The van der Waals surface area contributed by atoms with Crippen LogP contribution in [0.15, 0.2) is 60.9 Å². The number of ether oxygens (including phenoxy) is 1. The first kappa shape index (κ1) is 19.7. The third-order valence-corrected chi connectivity index (χ3v) is 5.70. The molecule has 1 aromatic carbocycles. The molecule has 0 radical (unpaired) electrons. The molecule has 1 aromatic rings. The summed E-state index contributed by atoms with van der Waals surface area (Å²) < 4.78 is 30.3. The molecule has 1 unspecified atom stereocenters. The van der Waals surface area contributed by atoms with Crippen molar-refractivity contribution in [1.82, 2.24) is 4.67 Å². The highest BCUT2D eigenvalue weighted by Crippen LogP contribution is 2.51. The summed E-state index contributed by atoms with van der Waals surface area (Å²) in [6.45, 7) is 4.21. The molecular formula is C19H26NO4P. The van der Waals surface area contributed by atoms with Gasteiger partial charge in [0.05, 0.1) is 19.5 Å². The van der Waals surface area contributed by atoms with Crippen LogP contribution in [-0.4, -0.2) is 38.1 Å². The van der Waals surface area contributed by atoms with Gasteiger partial charge in [0.25, 0.3) is 0 Å². The first-order chi connectivity index (χ1) is 12.2. The maximum Gasteiger partial charge on any atom is 0.460 e. The average molecular weight is 363 g/mol. The number of benzene rings is 1. The van der Waals surface area contributed by atoms with Gasteiger partial charge in [0.15, 0.2) is 0 Å². The second-order valence-corrected chi connectivity index (χ2v) is 7.53. The Labute approximate surface area is 150 Å². The maximum atomic E-state index is 12.8. The van der Waals surface area contributed by atoms with Crippen molar-refractivity contribution in [3.05, 3.63) is 66.5 Å². The Morgan fingerprint density at radius 3 is 2.64 bits per heavy atom. The molecule has 6 heteroatoms. The summed E-state index contributed by atoms with van der Waals surface area (Å²) in [6, 6.07) is 10.1. The van der Waals surface area contributed by atoms with Crippen LogP contribution in [0.4, 0.5) is 0 Å². The molecule has 5 nitrogen and oxygen atoms in total. The quantitative estimate of drug-likeness (QED) is 0.382. The van der Waals surface area contributed by atoms with Crippen LogP contribution >= 0.6 is 7.75 Å². The Morgan fingerprint density at radius 1 is 1.28 bits per heavy atom. The van der Waals surface area contributed by atoms with Crippen LogP contribution in [0.25, 0.3) is 5.57 Å². The van der Waals surface area contributed by atoms with Crippen LogP contribution in [0, 0.1) is 0 Å². The van der Waals surface area contributed by atoms with E-state index >= 15 is 0 Å². The van der Waals surface area contributed by atoms with Gasteiger partial charge in [-0.2, -0.15) is 4.67 Å². The molecular weight excluding hydrogens is 337 g/mol. The predicted molar refractivity (Wildman–Crippen MR) is 101 cm³/mol. The maximum absolute atomic E-state index is 12.8. The molecule has 1 aliphatic rings. The van der Waals surface area contributed by atoms with Gasteiger partial charge in [-0.25, -0.2) is 4.57 Å². The number of morpholine rings is 1. The molecule has 1 aliphatic heterocycles. The molecule has 1 atom stereocenters. The third kappa shape index (κ3) is 5.98. The van der Waals surface area contributed by atoms with Crippen LogP contribution < -0.4 is 0 Å². The summed E-state index contributed by atoms with van der Waals surface area (Å²) in [5.41, 5.74) is 2.17. The summed E-state index contributed by atoms with van der Waals surface area (Å²) in [4.78, 5) is 0. The highest BCUT2D eigenvalue weighted by Gasteiger charge is 2.34. The van der Waals surface area contributed by atoms with Crippen molar-refractivity contribution in [3.8, 4) is 0 Å². The van der Waals surface area contributed by atoms with Gasteiger partial charge in [-0.3, -0.25) is 4.52 Å². The van der Waals surface area contributed by atoms with Gasteiger partial charge in [0, 0.05) is 20.2 Å². The molecule has 0 N–H and O–H groups in total. The lowest BCUT2D eigenvalue weighted by Gasteiger charge is -2.30. The van der Waals surface area contributed by atoms with Gasteiger partial charge in [-0.15, -0.1) is 0 Å². The lowest BCUT2D eigenvalue weighted by atomic mass is 10.0. The molecule has 1 saturated heterocycles. The Hall–Kier alpha value is -1.65. The van der Waals surface area contributed by atoms with E-state index in [0.717, 1.165) is 17.6 Å². The van der Waals surface area contributed by atoms with E-state index in [-0.39, 0.29) is 0 Å².